The zero-order valence-electron chi connectivity index (χ0n) is 9.94. The molecule has 0 amide bonds. The van der Waals surface area contributed by atoms with E-state index in [4.69, 9.17) is 0 Å². The van der Waals surface area contributed by atoms with E-state index < -0.39 is 0 Å². The van der Waals surface area contributed by atoms with Gasteiger partial charge in [0.15, 0.2) is 0 Å². The number of phenolic OH excluding ortho intramolecular Hbond substituents is 2. The molecule has 2 rings (SSSR count). The fourth-order valence-electron chi connectivity index (χ4n) is 1.66. The molecule has 18 heavy (non-hydrogen) atoms. The van der Waals surface area contributed by atoms with Gasteiger partial charge in [0.1, 0.15) is 17.3 Å². The highest BCUT2D eigenvalue weighted by molar-refractivity contribution is 5.51. The minimum atomic E-state index is -0.383. The Kier molecular flexibility index (Phi) is 3.37. The van der Waals surface area contributed by atoms with Crippen molar-refractivity contribution in [3.8, 4) is 11.5 Å². The van der Waals surface area contributed by atoms with Crippen molar-refractivity contribution in [1.82, 2.24) is 0 Å². The highest BCUT2D eigenvalue weighted by Gasteiger charge is 2.03. The summed E-state index contributed by atoms with van der Waals surface area (Å²) in [5.41, 5.74) is 2.04. The molecule has 0 bridgehead atoms. The number of nitrogens with one attached hydrogen (secondary N) is 1. The molecule has 0 fully saturated rings. The predicted molar refractivity (Wildman–Crippen MR) is 68.2 cm³/mol. The maximum absolute atomic E-state index is 13.0. The highest BCUT2D eigenvalue weighted by Crippen LogP contribution is 2.22. The van der Waals surface area contributed by atoms with Gasteiger partial charge in [0, 0.05) is 17.8 Å². The number of hydrogen-bond donors (Lipinski definition) is 3. The first kappa shape index (κ1) is 12.2. The molecule has 0 spiro atoms. The Bertz CT molecular complexity index is 570. The second-order valence-corrected chi connectivity index (χ2v) is 4.13. The number of phenols is 2. The van der Waals surface area contributed by atoms with E-state index in [-0.39, 0.29) is 17.3 Å². The molecule has 0 aliphatic rings. The first-order valence-electron chi connectivity index (χ1n) is 5.57. The van der Waals surface area contributed by atoms with Gasteiger partial charge < -0.3 is 15.5 Å². The summed E-state index contributed by atoms with van der Waals surface area (Å²) in [5.74, 6) is -0.0972. The summed E-state index contributed by atoms with van der Waals surface area (Å²) >= 11 is 0. The van der Waals surface area contributed by atoms with Crippen molar-refractivity contribution < 1.29 is 14.6 Å². The van der Waals surface area contributed by atoms with Crippen molar-refractivity contribution in [3.05, 3.63) is 53.3 Å². The summed E-state index contributed by atoms with van der Waals surface area (Å²) < 4.78 is 13.0. The van der Waals surface area contributed by atoms with Crippen LogP contribution in [0.3, 0.4) is 0 Å². The standard InChI is InChI=1S/C14H14FNO2/c1-9-6-12(3-5-13(9)17)16-8-10-7-11(15)2-4-14(10)18/h2-7,16-18H,8H2,1H3. The lowest BCUT2D eigenvalue weighted by molar-refractivity contribution is 0.466. The SMILES string of the molecule is Cc1cc(NCc2cc(F)ccc2O)ccc1O. The van der Waals surface area contributed by atoms with Gasteiger partial charge in [0.25, 0.3) is 0 Å². The molecule has 0 radical (unpaired) electrons. The Labute approximate surface area is 105 Å². The maximum atomic E-state index is 13.0. The largest absolute Gasteiger partial charge is 0.508 e. The molecule has 0 aliphatic heterocycles. The molecular formula is C14H14FNO2. The normalized spacial score (nSPS) is 10.3. The van der Waals surface area contributed by atoms with Crippen LogP contribution in [0.25, 0.3) is 0 Å². The van der Waals surface area contributed by atoms with Crippen molar-refractivity contribution in [3.63, 3.8) is 0 Å². The van der Waals surface area contributed by atoms with Crippen molar-refractivity contribution in [1.29, 1.82) is 0 Å². The van der Waals surface area contributed by atoms with E-state index in [9.17, 15) is 14.6 Å². The van der Waals surface area contributed by atoms with Crippen LogP contribution in [0, 0.1) is 12.7 Å². The Morgan fingerprint density at radius 3 is 2.50 bits per heavy atom. The topological polar surface area (TPSA) is 52.5 Å². The molecular weight excluding hydrogens is 233 g/mol. The lowest BCUT2D eigenvalue weighted by Crippen LogP contribution is -2.00. The second kappa shape index (κ2) is 4.96. The lowest BCUT2D eigenvalue weighted by Gasteiger charge is -2.09. The van der Waals surface area contributed by atoms with E-state index in [1.807, 2.05) is 0 Å². The van der Waals surface area contributed by atoms with E-state index in [0.29, 0.717) is 12.1 Å². The molecule has 0 aliphatic carbocycles. The number of halogens is 1. The van der Waals surface area contributed by atoms with Crippen molar-refractivity contribution >= 4 is 5.69 Å². The molecule has 2 aromatic rings. The third-order valence-electron chi connectivity index (χ3n) is 2.72. The summed E-state index contributed by atoms with van der Waals surface area (Å²) in [7, 11) is 0. The van der Waals surface area contributed by atoms with Gasteiger partial charge in [-0.3, -0.25) is 0 Å². The second-order valence-electron chi connectivity index (χ2n) is 4.13. The summed E-state index contributed by atoms with van der Waals surface area (Å²) in [6, 6.07) is 8.92. The van der Waals surface area contributed by atoms with Crippen LogP contribution in [0.2, 0.25) is 0 Å². The van der Waals surface area contributed by atoms with Gasteiger partial charge in [-0.15, -0.1) is 0 Å². The minimum absolute atomic E-state index is 0.0550. The van der Waals surface area contributed by atoms with Crippen LogP contribution in [0.4, 0.5) is 10.1 Å². The first-order valence-corrected chi connectivity index (χ1v) is 5.57. The first-order chi connectivity index (χ1) is 8.56. The summed E-state index contributed by atoms with van der Waals surface area (Å²) in [6.45, 7) is 2.11. The van der Waals surface area contributed by atoms with Crippen LogP contribution >= 0.6 is 0 Å². The third kappa shape index (κ3) is 2.71. The zero-order chi connectivity index (χ0) is 13.1. The highest BCUT2D eigenvalue weighted by atomic mass is 19.1. The number of aromatic hydroxyl groups is 2. The molecule has 4 heteroatoms. The fraction of sp³-hybridized carbons (Fsp3) is 0.143. The molecule has 0 aromatic heterocycles. The summed E-state index contributed by atoms with van der Waals surface area (Å²) in [5, 5.41) is 22.0. The van der Waals surface area contributed by atoms with Crippen LogP contribution < -0.4 is 5.32 Å². The molecule has 2 aromatic carbocycles. The molecule has 3 nitrogen and oxygen atoms in total. The van der Waals surface area contributed by atoms with E-state index in [1.54, 1.807) is 25.1 Å². The predicted octanol–water partition coefficient (Wildman–Crippen LogP) is 3.16. The van der Waals surface area contributed by atoms with Gasteiger partial charge >= 0.3 is 0 Å². The van der Waals surface area contributed by atoms with E-state index in [2.05, 4.69) is 5.32 Å². The maximum Gasteiger partial charge on any atom is 0.123 e. The van der Waals surface area contributed by atoms with Crippen molar-refractivity contribution in [2.45, 2.75) is 13.5 Å². The van der Waals surface area contributed by atoms with Crippen LogP contribution in [0.15, 0.2) is 36.4 Å². The lowest BCUT2D eigenvalue weighted by atomic mass is 10.1. The van der Waals surface area contributed by atoms with E-state index in [1.165, 1.54) is 18.2 Å². The summed E-state index contributed by atoms with van der Waals surface area (Å²) in [4.78, 5) is 0. The molecule has 0 saturated heterocycles. The van der Waals surface area contributed by atoms with Gasteiger partial charge in [0.2, 0.25) is 0 Å². The molecule has 0 saturated carbocycles. The van der Waals surface area contributed by atoms with E-state index >= 15 is 0 Å². The number of rotatable bonds is 3. The third-order valence-corrected chi connectivity index (χ3v) is 2.72. The van der Waals surface area contributed by atoms with Crippen molar-refractivity contribution in [2.75, 3.05) is 5.32 Å². The Balaban J connectivity index is 2.11. The number of aryl methyl sites for hydroxylation is 1. The van der Waals surface area contributed by atoms with Crippen LogP contribution in [0.5, 0.6) is 11.5 Å². The molecule has 0 unspecified atom stereocenters. The molecule has 3 N–H and O–H groups in total. The fourth-order valence-corrected chi connectivity index (χ4v) is 1.66. The average molecular weight is 247 g/mol. The Morgan fingerprint density at radius 1 is 1.06 bits per heavy atom. The smallest absolute Gasteiger partial charge is 0.123 e. The van der Waals surface area contributed by atoms with Gasteiger partial charge in [-0.1, -0.05) is 0 Å². The number of hydrogen-bond acceptors (Lipinski definition) is 3. The van der Waals surface area contributed by atoms with E-state index in [0.717, 1.165) is 11.3 Å². The van der Waals surface area contributed by atoms with Gasteiger partial charge in [-0.25, -0.2) is 4.39 Å². The molecule has 0 atom stereocenters. The quantitative estimate of drug-likeness (QED) is 0.730. The van der Waals surface area contributed by atoms with Gasteiger partial charge in [-0.2, -0.15) is 0 Å². The van der Waals surface area contributed by atoms with Gasteiger partial charge in [0.05, 0.1) is 0 Å². The zero-order valence-corrected chi connectivity index (χ0v) is 9.94. The van der Waals surface area contributed by atoms with Crippen LogP contribution in [-0.2, 0) is 6.54 Å². The number of benzene rings is 2. The molecule has 0 heterocycles. The monoisotopic (exact) mass is 247 g/mol. The van der Waals surface area contributed by atoms with Gasteiger partial charge in [-0.05, 0) is 48.9 Å². The van der Waals surface area contributed by atoms with Crippen molar-refractivity contribution in [2.24, 2.45) is 0 Å². The van der Waals surface area contributed by atoms with Crippen LogP contribution in [0.1, 0.15) is 11.1 Å². The molecule has 94 valence electrons. The summed E-state index contributed by atoms with van der Waals surface area (Å²) in [6.07, 6.45) is 0. The van der Waals surface area contributed by atoms with Crippen LogP contribution in [-0.4, -0.2) is 10.2 Å². The Morgan fingerprint density at radius 2 is 1.78 bits per heavy atom. The Hall–Kier alpha value is -2.23. The average Bonchev–Trinajstić information content (AvgIpc) is 2.34. The minimum Gasteiger partial charge on any atom is -0.508 e. The number of anilines is 1.